The molecule has 0 saturated carbocycles. The summed E-state index contributed by atoms with van der Waals surface area (Å²) in [6, 6.07) is 5.59. The standard InChI is InChI=1S/C15H16N4O2S/c1-3-13(22)21-12-6-9(20-2)4-5-10(12)14-18-11-7-16-8-17-15(11)19-14/h4-8,13,22H,3H2,1-2H3,(H,16,17,18,19). The van der Waals surface area contributed by atoms with Gasteiger partial charge in [0.05, 0.1) is 18.9 Å². The molecule has 3 rings (SSSR count). The number of benzene rings is 1. The second-order valence-electron chi connectivity index (χ2n) is 4.68. The number of thiol groups is 1. The van der Waals surface area contributed by atoms with Gasteiger partial charge in [-0.05, 0) is 18.6 Å². The Bertz CT molecular complexity index is 757. The summed E-state index contributed by atoms with van der Waals surface area (Å²) in [5.41, 5.74) is 2.02. The minimum atomic E-state index is -0.199. The molecule has 114 valence electrons. The number of imidazole rings is 1. The number of fused-ring (bicyclic) bond motifs is 1. The van der Waals surface area contributed by atoms with Crippen molar-refractivity contribution in [2.75, 3.05) is 7.11 Å². The van der Waals surface area contributed by atoms with Gasteiger partial charge in [-0.2, -0.15) is 0 Å². The highest BCUT2D eigenvalue weighted by molar-refractivity contribution is 7.80. The summed E-state index contributed by atoms with van der Waals surface area (Å²) in [5, 5.41) is 0. The maximum atomic E-state index is 5.88. The first-order chi connectivity index (χ1) is 10.7. The number of H-pyrrole nitrogens is 1. The smallest absolute Gasteiger partial charge is 0.161 e. The molecular formula is C15H16N4O2S. The average Bonchev–Trinajstić information content (AvgIpc) is 2.98. The Kier molecular flexibility index (Phi) is 4.15. The lowest BCUT2D eigenvalue weighted by molar-refractivity contribution is 0.285. The number of aromatic amines is 1. The van der Waals surface area contributed by atoms with Gasteiger partial charge in [-0.1, -0.05) is 6.92 Å². The molecule has 6 nitrogen and oxygen atoms in total. The van der Waals surface area contributed by atoms with Crippen LogP contribution in [0, 0.1) is 0 Å². The maximum Gasteiger partial charge on any atom is 0.161 e. The molecule has 0 amide bonds. The summed E-state index contributed by atoms with van der Waals surface area (Å²) in [4.78, 5) is 15.8. The fourth-order valence-electron chi connectivity index (χ4n) is 2.04. The van der Waals surface area contributed by atoms with Gasteiger partial charge in [0.25, 0.3) is 0 Å². The Morgan fingerprint density at radius 1 is 1.36 bits per heavy atom. The highest BCUT2D eigenvalue weighted by atomic mass is 32.1. The van der Waals surface area contributed by atoms with Gasteiger partial charge < -0.3 is 14.5 Å². The Morgan fingerprint density at radius 2 is 2.23 bits per heavy atom. The van der Waals surface area contributed by atoms with Crippen LogP contribution in [0.5, 0.6) is 11.5 Å². The molecule has 0 fully saturated rings. The first kappa shape index (κ1) is 14.6. The molecule has 0 radical (unpaired) electrons. The zero-order chi connectivity index (χ0) is 15.5. The SMILES string of the molecule is CCC(S)Oc1cc(OC)ccc1-c1nc2cncnc2[nH]1. The second-order valence-corrected chi connectivity index (χ2v) is 5.26. The van der Waals surface area contributed by atoms with Gasteiger partial charge in [-0.3, -0.25) is 0 Å². The van der Waals surface area contributed by atoms with Crippen LogP contribution in [0.1, 0.15) is 13.3 Å². The van der Waals surface area contributed by atoms with Crippen LogP contribution < -0.4 is 9.47 Å². The van der Waals surface area contributed by atoms with E-state index < -0.39 is 0 Å². The molecular weight excluding hydrogens is 300 g/mol. The molecule has 0 aliphatic carbocycles. The van der Waals surface area contributed by atoms with Crippen molar-refractivity contribution in [2.45, 2.75) is 18.8 Å². The molecule has 2 heterocycles. The van der Waals surface area contributed by atoms with Crippen LogP contribution in [0.2, 0.25) is 0 Å². The first-order valence-electron chi connectivity index (χ1n) is 6.90. The minimum Gasteiger partial charge on any atom is -0.497 e. The lowest BCUT2D eigenvalue weighted by atomic mass is 10.2. The monoisotopic (exact) mass is 316 g/mol. The Morgan fingerprint density at radius 3 is 2.95 bits per heavy atom. The third-order valence-corrected chi connectivity index (χ3v) is 3.69. The van der Waals surface area contributed by atoms with Crippen molar-refractivity contribution in [1.82, 2.24) is 19.9 Å². The molecule has 2 aromatic heterocycles. The fraction of sp³-hybridized carbons (Fsp3) is 0.267. The summed E-state index contributed by atoms with van der Waals surface area (Å²) in [6.45, 7) is 2.01. The molecule has 1 N–H and O–H groups in total. The van der Waals surface area contributed by atoms with Crippen molar-refractivity contribution >= 4 is 23.8 Å². The van der Waals surface area contributed by atoms with Crippen LogP contribution in [0.15, 0.2) is 30.7 Å². The molecule has 1 atom stereocenters. The Labute approximate surface area is 133 Å². The molecule has 22 heavy (non-hydrogen) atoms. The van der Waals surface area contributed by atoms with E-state index in [4.69, 9.17) is 9.47 Å². The van der Waals surface area contributed by atoms with Crippen LogP contribution in [-0.4, -0.2) is 32.5 Å². The largest absolute Gasteiger partial charge is 0.497 e. The van der Waals surface area contributed by atoms with Gasteiger partial charge in [0.2, 0.25) is 0 Å². The summed E-state index contributed by atoms with van der Waals surface area (Å²) < 4.78 is 11.1. The van der Waals surface area contributed by atoms with Gasteiger partial charge in [0.1, 0.15) is 34.6 Å². The zero-order valence-electron chi connectivity index (χ0n) is 12.3. The number of methoxy groups -OCH3 is 1. The van der Waals surface area contributed by atoms with Crippen molar-refractivity contribution in [1.29, 1.82) is 0 Å². The van der Waals surface area contributed by atoms with Crippen molar-refractivity contribution in [2.24, 2.45) is 0 Å². The number of nitrogens with zero attached hydrogens (tertiary/aromatic N) is 3. The fourth-order valence-corrected chi connectivity index (χ4v) is 2.15. The summed E-state index contributed by atoms with van der Waals surface area (Å²) >= 11 is 4.40. The second kappa shape index (κ2) is 6.23. The van der Waals surface area contributed by atoms with E-state index in [1.165, 1.54) is 6.33 Å². The molecule has 0 bridgehead atoms. The number of aromatic nitrogens is 4. The number of nitrogens with one attached hydrogen (secondary N) is 1. The van der Waals surface area contributed by atoms with Gasteiger partial charge in [-0.15, -0.1) is 12.6 Å². The number of ether oxygens (including phenoxy) is 2. The van der Waals surface area contributed by atoms with Crippen LogP contribution in [-0.2, 0) is 0 Å². The van der Waals surface area contributed by atoms with Crippen LogP contribution in [0.3, 0.4) is 0 Å². The predicted molar refractivity (Wildman–Crippen MR) is 87.4 cm³/mol. The number of hydrogen-bond acceptors (Lipinski definition) is 6. The van der Waals surface area contributed by atoms with E-state index in [0.717, 1.165) is 12.0 Å². The minimum absolute atomic E-state index is 0.199. The van der Waals surface area contributed by atoms with E-state index in [9.17, 15) is 0 Å². The molecule has 0 aliphatic rings. The lowest BCUT2D eigenvalue weighted by Gasteiger charge is -2.15. The zero-order valence-corrected chi connectivity index (χ0v) is 13.2. The van der Waals surface area contributed by atoms with E-state index in [-0.39, 0.29) is 5.44 Å². The van der Waals surface area contributed by atoms with Gasteiger partial charge in [0, 0.05) is 6.07 Å². The van der Waals surface area contributed by atoms with E-state index >= 15 is 0 Å². The summed E-state index contributed by atoms with van der Waals surface area (Å²) in [6.07, 6.45) is 3.93. The highest BCUT2D eigenvalue weighted by Gasteiger charge is 2.15. The molecule has 0 spiro atoms. The van der Waals surface area contributed by atoms with Crippen LogP contribution in [0.4, 0.5) is 0 Å². The molecule has 7 heteroatoms. The molecule has 3 aromatic rings. The lowest BCUT2D eigenvalue weighted by Crippen LogP contribution is -2.08. The van der Waals surface area contributed by atoms with E-state index in [1.54, 1.807) is 13.3 Å². The molecule has 0 aliphatic heterocycles. The van der Waals surface area contributed by atoms with Crippen molar-refractivity contribution in [3.63, 3.8) is 0 Å². The topological polar surface area (TPSA) is 72.9 Å². The Balaban J connectivity index is 2.07. The van der Waals surface area contributed by atoms with E-state index in [0.29, 0.717) is 28.5 Å². The highest BCUT2D eigenvalue weighted by Crippen LogP contribution is 2.33. The van der Waals surface area contributed by atoms with Crippen molar-refractivity contribution in [3.05, 3.63) is 30.7 Å². The average molecular weight is 316 g/mol. The van der Waals surface area contributed by atoms with Crippen molar-refractivity contribution < 1.29 is 9.47 Å². The van der Waals surface area contributed by atoms with Crippen LogP contribution >= 0.6 is 12.6 Å². The predicted octanol–water partition coefficient (Wildman–Crippen LogP) is 3.07. The van der Waals surface area contributed by atoms with Gasteiger partial charge in [0.15, 0.2) is 5.65 Å². The van der Waals surface area contributed by atoms with Crippen molar-refractivity contribution in [3.8, 4) is 22.9 Å². The van der Waals surface area contributed by atoms with E-state index in [1.807, 2.05) is 25.1 Å². The first-order valence-corrected chi connectivity index (χ1v) is 7.41. The Hall–Kier alpha value is -2.28. The summed E-state index contributed by atoms with van der Waals surface area (Å²) in [7, 11) is 1.62. The van der Waals surface area contributed by atoms with E-state index in [2.05, 4.69) is 32.6 Å². The normalized spacial score (nSPS) is 12.3. The third-order valence-electron chi connectivity index (χ3n) is 3.22. The number of rotatable bonds is 5. The molecule has 1 unspecified atom stereocenters. The maximum absolute atomic E-state index is 5.88. The third kappa shape index (κ3) is 2.85. The van der Waals surface area contributed by atoms with Gasteiger partial charge in [-0.25, -0.2) is 15.0 Å². The summed E-state index contributed by atoms with van der Waals surface area (Å²) in [5.74, 6) is 2.05. The quantitative estimate of drug-likeness (QED) is 0.559. The molecule has 0 saturated heterocycles. The van der Waals surface area contributed by atoms with Crippen LogP contribution in [0.25, 0.3) is 22.6 Å². The molecule has 1 aromatic carbocycles. The number of hydrogen-bond donors (Lipinski definition) is 2. The van der Waals surface area contributed by atoms with Gasteiger partial charge >= 0.3 is 0 Å².